The first-order valence-electron chi connectivity index (χ1n) is 1.25. The highest BCUT2D eigenvalue weighted by molar-refractivity contribution is 6.18. The molecule has 0 aromatic carbocycles. The third kappa shape index (κ3) is 28.1. The van der Waals surface area contributed by atoms with Gasteiger partial charge in [0.05, 0.1) is 11.9 Å². The summed E-state index contributed by atoms with van der Waals surface area (Å²) in [4.78, 5) is 0. The molecule has 38 valence electrons. The van der Waals surface area contributed by atoms with Crippen molar-refractivity contribution in [2.45, 2.75) is 0 Å². The van der Waals surface area contributed by atoms with E-state index in [4.69, 9.17) is 16.3 Å². The maximum absolute atomic E-state index is 6.47. The summed E-state index contributed by atoms with van der Waals surface area (Å²) < 4.78 is 6.47. The Morgan fingerprint density at radius 1 is 1.67 bits per heavy atom. The minimum absolute atomic E-state index is 0.556. The molecule has 0 fully saturated rings. The minimum Gasteiger partial charge on any atom is -0.295 e. The standard InChI is InChI=1S/C3H5Cl.ClHO/c1-2-3-4;1-2/h2H,1,3H2;2H. The predicted molar refractivity (Wildman–Crippen MR) is 29.0 cm³/mol. The van der Waals surface area contributed by atoms with Crippen LogP contribution in [0.3, 0.4) is 0 Å². The third-order valence-corrected chi connectivity index (χ3v) is 0.327. The molecule has 0 spiro atoms. The number of halogens is 2. The predicted octanol–water partition coefficient (Wildman–Crippen LogP) is 1.54. The fourth-order valence-electron chi connectivity index (χ4n) is 0. The lowest BCUT2D eigenvalue weighted by molar-refractivity contribution is 0.632. The van der Waals surface area contributed by atoms with Crippen molar-refractivity contribution < 1.29 is 4.66 Å². The van der Waals surface area contributed by atoms with E-state index in [1.807, 2.05) is 0 Å². The largest absolute Gasteiger partial charge is 0.295 e. The molecule has 0 aliphatic rings. The number of hydrogen-bond acceptors (Lipinski definition) is 1. The topological polar surface area (TPSA) is 20.2 Å². The van der Waals surface area contributed by atoms with Gasteiger partial charge in [-0.15, -0.1) is 18.2 Å². The van der Waals surface area contributed by atoms with Gasteiger partial charge >= 0.3 is 0 Å². The van der Waals surface area contributed by atoms with Crippen molar-refractivity contribution >= 4 is 23.5 Å². The van der Waals surface area contributed by atoms with E-state index >= 15 is 0 Å². The van der Waals surface area contributed by atoms with E-state index in [1.54, 1.807) is 6.08 Å². The fraction of sp³-hybridized carbons (Fsp3) is 0.333. The van der Waals surface area contributed by atoms with Gasteiger partial charge in [-0.05, 0) is 0 Å². The number of hydrogen-bond donors (Lipinski definition) is 1. The van der Waals surface area contributed by atoms with Crippen LogP contribution < -0.4 is 0 Å². The Labute approximate surface area is 47.4 Å². The number of rotatable bonds is 1. The molecule has 0 aliphatic heterocycles. The summed E-state index contributed by atoms with van der Waals surface area (Å²) in [6.45, 7) is 3.35. The van der Waals surface area contributed by atoms with Gasteiger partial charge in [-0.2, -0.15) is 0 Å². The van der Waals surface area contributed by atoms with Crippen molar-refractivity contribution in [1.82, 2.24) is 0 Å². The first-order valence-corrected chi connectivity index (χ1v) is 2.13. The Morgan fingerprint density at radius 2 is 1.83 bits per heavy atom. The van der Waals surface area contributed by atoms with Crippen molar-refractivity contribution in [3.8, 4) is 0 Å². The Bertz CT molecular complexity index is 22.8. The number of alkyl halides is 1. The van der Waals surface area contributed by atoms with Crippen LogP contribution in [0.25, 0.3) is 0 Å². The molecule has 0 aliphatic carbocycles. The SMILES string of the molecule is C=CCCl.OCl. The third-order valence-electron chi connectivity index (χ3n) is 0.109. The van der Waals surface area contributed by atoms with E-state index in [0.29, 0.717) is 5.88 Å². The fourth-order valence-corrected chi connectivity index (χ4v) is 0. The average Bonchev–Trinajstić information content (AvgIpc) is 1.72. The molecule has 0 saturated carbocycles. The maximum atomic E-state index is 6.47. The lowest BCUT2D eigenvalue weighted by Gasteiger charge is -1.55. The maximum Gasteiger partial charge on any atom is 0.0579 e. The van der Waals surface area contributed by atoms with Crippen molar-refractivity contribution in [3.63, 3.8) is 0 Å². The first kappa shape index (κ1) is 9.56. The van der Waals surface area contributed by atoms with E-state index in [9.17, 15) is 0 Å². The van der Waals surface area contributed by atoms with Gasteiger partial charge in [0, 0.05) is 5.88 Å². The molecule has 0 heterocycles. The molecule has 0 radical (unpaired) electrons. The van der Waals surface area contributed by atoms with E-state index in [2.05, 4.69) is 18.4 Å². The van der Waals surface area contributed by atoms with Gasteiger partial charge in [-0.1, -0.05) is 6.08 Å². The van der Waals surface area contributed by atoms with Crippen LogP contribution in [0.1, 0.15) is 0 Å². The van der Waals surface area contributed by atoms with Crippen LogP contribution >= 0.6 is 23.5 Å². The van der Waals surface area contributed by atoms with Crippen LogP contribution in [0, 0.1) is 0 Å². The average molecular weight is 129 g/mol. The van der Waals surface area contributed by atoms with E-state index in [0.717, 1.165) is 0 Å². The van der Waals surface area contributed by atoms with Crippen molar-refractivity contribution in [2.75, 3.05) is 5.88 Å². The van der Waals surface area contributed by atoms with E-state index < -0.39 is 0 Å². The Kier molecular flexibility index (Phi) is 29.6. The molecule has 0 aromatic heterocycles. The van der Waals surface area contributed by atoms with Gasteiger partial charge in [0.2, 0.25) is 0 Å². The molecule has 1 nitrogen and oxygen atoms in total. The summed E-state index contributed by atoms with van der Waals surface area (Å²) in [6, 6.07) is 0. The zero-order valence-electron chi connectivity index (χ0n) is 3.19. The molecule has 0 rings (SSSR count). The van der Waals surface area contributed by atoms with Crippen LogP contribution in [0.4, 0.5) is 0 Å². The van der Waals surface area contributed by atoms with Crippen molar-refractivity contribution in [3.05, 3.63) is 12.7 Å². The second-order valence-corrected chi connectivity index (χ2v) is 0.752. The normalized spacial score (nSPS) is 5.17. The van der Waals surface area contributed by atoms with Crippen LogP contribution in [-0.2, 0) is 0 Å². The molecule has 3 heteroatoms. The monoisotopic (exact) mass is 128 g/mol. The van der Waals surface area contributed by atoms with Gasteiger partial charge in [0.1, 0.15) is 0 Å². The van der Waals surface area contributed by atoms with Gasteiger partial charge in [0.15, 0.2) is 0 Å². The van der Waals surface area contributed by atoms with Crippen molar-refractivity contribution in [2.24, 2.45) is 0 Å². The highest BCUT2D eigenvalue weighted by atomic mass is 35.5. The summed E-state index contributed by atoms with van der Waals surface area (Å²) >= 11 is 8.71. The molecule has 0 amide bonds. The highest BCUT2D eigenvalue weighted by Gasteiger charge is 1.48. The van der Waals surface area contributed by atoms with Gasteiger partial charge in [-0.25, -0.2) is 0 Å². The van der Waals surface area contributed by atoms with Gasteiger partial charge < -0.3 is 0 Å². The molecule has 0 aromatic rings. The van der Waals surface area contributed by atoms with Gasteiger partial charge in [-0.3, -0.25) is 4.66 Å². The quantitative estimate of drug-likeness (QED) is 0.420. The Hall–Kier alpha value is 0.280. The minimum atomic E-state index is 0.556. The lowest BCUT2D eigenvalue weighted by Crippen LogP contribution is -1.45. The zero-order valence-corrected chi connectivity index (χ0v) is 4.71. The van der Waals surface area contributed by atoms with E-state index in [-0.39, 0.29) is 0 Å². The second kappa shape index (κ2) is 18.6. The summed E-state index contributed by atoms with van der Waals surface area (Å²) in [7, 11) is 0. The number of allylic oxidation sites excluding steroid dienone is 1. The van der Waals surface area contributed by atoms with Gasteiger partial charge in [0.25, 0.3) is 0 Å². The molecule has 6 heavy (non-hydrogen) atoms. The summed E-state index contributed by atoms with van der Waals surface area (Å²) in [5.74, 6) is 0.556. The lowest BCUT2D eigenvalue weighted by atomic mass is 10.8. The van der Waals surface area contributed by atoms with Crippen LogP contribution in [0.15, 0.2) is 12.7 Å². The van der Waals surface area contributed by atoms with Crippen molar-refractivity contribution in [1.29, 1.82) is 0 Å². The second-order valence-electron chi connectivity index (χ2n) is 0.443. The smallest absolute Gasteiger partial charge is 0.0579 e. The van der Waals surface area contributed by atoms with Crippen LogP contribution in [-0.4, -0.2) is 10.5 Å². The van der Waals surface area contributed by atoms with Crippen LogP contribution in [0.5, 0.6) is 0 Å². The highest BCUT2D eigenvalue weighted by Crippen LogP contribution is 1.67. The molecule has 1 N–H and O–H groups in total. The Morgan fingerprint density at radius 3 is 1.83 bits per heavy atom. The summed E-state index contributed by atoms with van der Waals surface area (Å²) in [5.41, 5.74) is 0. The molecule has 0 saturated heterocycles. The summed E-state index contributed by atoms with van der Waals surface area (Å²) in [6.07, 6.45) is 1.64. The molecule has 0 atom stereocenters. The molecule has 0 bridgehead atoms. The molecule has 0 unspecified atom stereocenters. The zero-order chi connectivity index (χ0) is 5.41. The molecular weight excluding hydrogens is 123 g/mol. The first-order chi connectivity index (χ1) is 2.91. The summed E-state index contributed by atoms with van der Waals surface area (Å²) in [5, 5.41) is 0. The van der Waals surface area contributed by atoms with E-state index in [1.165, 1.54) is 0 Å². The molecular formula is C3H6Cl2O. The Balaban J connectivity index is 0. The van der Waals surface area contributed by atoms with Crippen LogP contribution in [0.2, 0.25) is 0 Å².